The molecule has 2 aliphatic heterocycles. The fourth-order valence-corrected chi connectivity index (χ4v) is 3.84. The molecule has 4 rings (SSSR count). The van der Waals surface area contributed by atoms with Gasteiger partial charge in [-0.2, -0.15) is 0 Å². The Balaban J connectivity index is 1.73. The number of para-hydroxylation sites is 1. The van der Waals surface area contributed by atoms with Crippen LogP contribution in [0.15, 0.2) is 30.3 Å². The van der Waals surface area contributed by atoms with Crippen LogP contribution in [0.3, 0.4) is 0 Å². The van der Waals surface area contributed by atoms with E-state index in [0.29, 0.717) is 18.7 Å². The number of β-amino-alcohol motifs (C(OH)–C–C–N with tert-alkyl or cyclic N) is 1. The van der Waals surface area contributed by atoms with Gasteiger partial charge in [-0.25, -0.2) is 4.98 Å². The Morgan fingerprint density at radius 1 is 1.20 bits per heavy atom. The Morgan fingerprint density at radius 3 is 2.72 bits per heavy atom. The smallest absolute Gasteiger partial charge is 0.257 e. The number of piperidine rings is 1. The topological polar surface area (TPSA) is 56.7 Å². The number of carbonyl (C=O) groups is 1. The van der Waals surface area contributed by atoms with Gasteiger partial charge in [0.2, 0.25) is 0 Å². The number of anilines is 1. The Morgan fingerprint density at radius 2 is 1.96 bits per heavy atom. The highest BCUT2D eigenvalue weighted by atomic mass is 16.3. The van der Waals surface area contributed by atoms with Crippen molar-refractivity contribution in [1.29, 1.82) is 0 Å². The molecule has 3 heterocycles. The number of nitrogens with zero attached hydrogens (tertiary/aromatic N) is 3. The molecule has 2 unspecified atom stereocenters. The average molecular weight is 339 g/mol. The summed E-state index contributed by atoms with van der Waals surface area (Å²) in [7, 11) is 0. The van der Waals surface area contributed by atoms with Crippen LogP contribution in [0.1, 0.15) is 36.5 Å². The van der Waals surface area contributed by atoms with Gasteiger partial charge >= 0.3 is 0 Å². The maximum Gasteiger partial charge on any atom is 0.257 e. The van der Waals surface area contributed by atoms with Crippen molar-refractivity contribution in [3.05, 3.63) is 35.9 Å². The van der Waals surface area contributed by atoms with E-state index in [1.165, 1.54) is 0 Å². The second-order valence-electron chi connectivity index (χ2n) is 7.33. The highest BCUT2D eigenvalue weighted by Crippen LogP contribution is 2.29. The summed E-state index contributed by atoms with van der Waals surface area (Å²) < 4.78 is 0. The highest BCUT2D eigenvalue weighted by molar-refractivity contribution is 6.02. The Kier molecular flexibility index (Phi) is 4.34. The number of aliphatic hydroxyl groups excluding tert-OH is 1. The second-order valence-corrected chi connectivity index (χ2v) is 7.33. The van der Waals surface area contributed by atoms with Gasteiger partial charge in [-0.15, -0.1) is 0 Å². The lowest BCUT2D eigenvalue weighted by Gasteiger charge is -2.35. The largest absolute Gasteiger partial charge is 0.391 e. The minimum absolute atomic E-state index is 0.00824. The molecule has 5 nitrogen and oxygen atoms in total. The minimum atomic E-state index is -0.443. The monoisotopic (exact) mass is 339 g/mol. The standard InChI is InChI=1S/C20H25N3O2/c1-14-8-11-23(13-18(14)24)20(25)16-12-15-6-2-3-7-17(15)21-19(16)22-9-4-5-10-22/h2-3,6-7,12,14,18,24H,4-5,8-11,13H2,1H3. The number of fused-ring (bicyclic) bond motifs is 1. The number of likely N-dealkylation sites (tertiary alicyclic amines) is 1. The number of rotatable bonds is 2. The van der Waals surface area contributed by atoms with Gasteiger partial charge in [0, 0.05) is 31.6 Å². The predicted molar refractivity (Wildman–Crippen MR) is 98.9 cm³/mol. The summed E-state index contributed by atoms with van der Waals surface area (Å²) in [4.78, 5) is 22.1. The zero-order chi connectivity index (χ0) is 17.4. The number of aromatic nitrogens is 1. The van der Waals surface area contributed by atoms with E-state index in [1.54, 1.807) is 4.90 Å². The molecule has 0 radical (unpaired) electrons. The fraction of sp³-hybridized carbons (Fsp3) is 0.500. The molecule has 25 heavy (non-hydrogen) atoms. The lowest BCUT2D eigenvalue weighted by Crippen LogP contribution is -2.46. The lowest BCUT2D eigenvalue weighted by molar-refractivity contribution is 0.0249. The molecule has 0 saturated carbocycles. The van der Waals surface area contributed by atoms with Crippen molar-refractivity contribution in [3.8, 4) is 0 Å². The zero-order valence-corrected chi connectivity index (χ0v) is 14.7. The van der Waals surface area contributed by atoms with Gasteiger partial charge in [0.25, 0.3) is 5.91 Å². The fourth-order valence-electron chi connectivity index (χ4n) is 3.84. The predicted octanol–water partition coefficient (Wildman–Crippen LogP) is 2.68. The van der Waals surface area contributed by atoms with Crippen LogP contribution in [0, 0.1) is 5.92 Å². The van der Waals surface area contributed by atoms with Crippen LogP contribution in [0.25, 0.3) is 10.9 Å². The first kappa shape index (κ1) is 16.3. The summed E-state index contributed by atoms with van der Waals surface area (Å²) in [6.07, 6.45) is 2.68. The molecule has 1 N–H and O–H groups in total. The van der Waals surface area contributed by atoms with E-state index >= 15 is 0 Å². The Labute approximate surface area is 148 Å². The van der Waals surface area contributed by atoms with E-state index in [2.05, 4.69) is 4.90 Å². The van der Waals surface area contributed by atoms with E-state index in [4.69, 9.17) is 4.98 Å². The zero-order valence-electron chi connectivity index (χ0n) is 14.7. The van der Waals surface area contributed by atoms with Crippen molar-refractivity contribution >= 4 is 22.6 Å². The molecule has 1 aromatic heterocycles. The first-order valence-electron chi connectivity index (χ1n) is 9.25. The van der Waals surface area contributed by atoms with Crippen molar-refractivity contribution in [2.24, 2.45) is 5.92 Å². The number of benzene rings is 1. The van der Waals surface area contributed by atoms with Gasteiger partial charge < -0.3 is 14.9 Å². The number of carbonyl (C=O) groups excluding carboxylic acids is 1. The third-order valence-corrected chi connectivity index (χ3v) is 5.55. The quantitative estimate of drug-likeness (QED) is 0.914. The number of amides is 1. The molecular formula is C20H25N3O2. The summed E-state index contributed by atoms with van der Waals surface area (Å²) in [5.41, 5.74) is 1.59. The molecular weight excluding hydrogens is 314 g/mol. The summed E-state index contributed by atoms with van der Waals surface area (Å²) >= 11 is 0. The second kappa shape index (κ2) is 6.64. The van der Waals surface area contributed by atoms with E-state index in [9.17, 15) is 9.90 Å². The van der Waals surface area contributed by atoms with Crippen molar-refractivity contribution in [1.82, 2.24) is 9.88 Å². The van der Waals surface area contributed by atoms with Gasteiger partial charge in [-0.1, -0.05) is 25.1 Å². The number of aliphatic hydroxyl groups is 1. The summed E-state index contributed by atoms with van der Waals surface area (Å²) in [6.45, 7) is 5.05. The lowest BCUT2D eigenvalue weighted by atomic mass is 9.95. The van der Waals surface area contributed by atoms with Crippen LogP contribution in [0.2, 0.25) is 0 Å². The van der Waals surface area contributed by atoms with E-state index in [-0.39, 0.29) is 11.8 Å². The van der Waals surface area contributed by atoms with E-state index in [1.807, 2.05) is 37.3 Å². The Bertz CT molecular complexity index is 786. The van der Waals surface area contributed by atoms with Crippen molar-refractivity contribution in [2.75, 3.05) is 31.1 Å². The summed E-state index contributed by atoms with van der Waals surface area (Å²) in [5, 5.41) is 11.2. The van der Waals surface area contributed by atoms with Gasteiger partial charge in [0.05, 0.1) is 17.2 Å². The third-order valence-electron chi connectivity index (χ3n) is 5.55. The molecule has 2 aliphatic rings. The van der Waals surface area contributed by atoms with Crippen LogP contribution in [0.4, 0.5) is 5.82 Å². The van der Waals surface area contributed by atoms with Crippen LogP contribution in [0.5, 0.6) is 0 Å². The van der Waals surface area contributed by atoms with Gasteiger partial charge in [0.15, 0.2) is 0 Å². The SMILES string of the molecule is CC1CCN(C(=O)c2cc3ccccc3nc2N2CCCC2)CC1O. The first-order chi connectivity index (χ1) is 12.1. The van der Waals surface area contributed by atoms with Crippen LogP contribution in [-0.2, 0) is 0 Å². The molecule has 5 heteroatoms. The molecule has 2 saturated heterocycles. The van der Waals surface area contributed by atoms with Gasteiger partial charge in [-0.05, 0) is 37.3 Å². The van der Waals surface area contributed by atoms with Crippen LogP contribution >= 0.6 is 0 Å². The molecule has 1 amide bonds. The molecule has 0 bridgehead atoms. The maximum absolute atomic E-state index is 13.2. The highest BCUT2D eigenvalue weighted by Gasteiger charge is 2.30. The number of pyridine rings is 1. The first-order valence-corrected chi connectivity index (χ1v) is 9.25. The van der Waals surface area contributed by atoms with Crippen molar-refractivity contribution in [2.45, 2.75) is 32.3 Å². The van der Waals surface area contributed by atoms with Gasteiger partial charge in [-0.3, -0.25) is 4.79 Å². The minimum Gasteiger partial charge on any atom is -0.391 e. The molecule has 0 aliphatic carbocycles. The number of hydrogen-bond acceptors (Lipinski definition) is 4. The van der Waals surface area contributed by atoms with E-state index in [0.717, 1.165) is 49.1 Å². The molecule has 2 atom stereocenters. The number of hydrogen-bond donors (Lipinski definition) is 1. The van der Waals surface area contributed by atoms with E-state index < -0.39 is 6.10 Å². The third kappa shape index (κ3) is 3.09. The van der Waals surface area contributed by atoms with Crippen LogP contribution in [-0.4, -0.2) is 53.2 Å². The molecule has 1 aromatic carbocycles. The normalized spacial score (nSPS) is 24.1. The van der Waals surface area contributed by atoms with Crippen LogP contribution < -0.4 is 4.90 Å². The summed E-state index contributed by atoms with van der Waals surface area (Å²) in [5.74, 6) is 1.04. The maximum atomic E-state index is 13.2. The summed E-state index contributed by atoms with van der Waals surface area (Å²) in [6, 6.07) is 9.92. The molecule has 132 valence electrons. The molecule has 2 fully saturated rings. The molecule has 0 spiro atoms. The average Bonchev–Trinajstić information content (AvgIpc) is 3.17. The van der Waals surface area contributed by atoms with Crippen molar-refractivity contribution < 1.29 is 9.90 Å². The molecule has 2 aromatic rings. The Hall–Kier alpha value is -2.14. The van der Waals surface area contributed by atoms with Crippen molar-refractivity contribution in [3.63, 3.8) is 0 Å². The van der Waals surface area contributed by atoms with Gasteiger partial charge in [0.1, 0.15) is 5.82 Å².